The summed E-state index contributed by atoms with van der Waals surface area (Å²) in [5.74, 6) is 0.920. The van der Waals surface area contributed by atoms with E-state index in [1.165, 1.54) is 11.3 Å². The Labute approximate surface area is 151 Å². The van der Waals surface area contributed by atoms with Gasteiger partial charge in [-0.3, -0.25) is 4.79 Å². The lowest BCUT2D eigenvalue weighted by Gasteiger charge is -2.23. The number of amides is 1. The van der Waals surface area contributed by atoms with Crippen LogP contribution in [0.15, 0.2) is 0 Å². The molecule has 0 bridgehead atoms. The molecule has 2 heterocycles. The SMILES string of the molecule is COCc1nc(OC)c2c(C)c(C(=O)N(C)C(C)CN)sc2n1.Cl. The Morgan fingerprint density at radius 3 is 2.58 bits per heavy atom. The van der Waals surface area contributed by atoms with Gasteiger partial charge >= 0.3 is 0 Å². The zero-order chi connectivity index (χ0) is 17.1. The van der Waals surface area contributed by atoms with Crippen LogP contribution in [-0.2, 0) is 11.3 Å². The lowest BCUT2D eigenvalue weighted by Crippen LogP contribution is -2.39. The smallest absolute Gasteiger partial charge is 0.264 e. The highest BCUT2D eigenvalue weighted by atomic mass is 35.5. The number of thiophene rings is 1. The monoisotopic (exact) mass is 374 g/mol. The number of methoxy groups -OCH3 is 2. The number of aryl methyl sites for hydroxylation is 1. The van der Waals surface area contributed by atoms with Crippen molar-refractivity contribution < 1.29 is 14.3 Å². The fourth-order valence-electron chi connectivity index (χ4n) is 2.21. The minimum Gasteiger partial charge on any atom is -0.480 e. The topological polar surface area (TPSA) is 90.6 Å². The van der Waals surface area contributed by atoms with Gasteiger partial charge in [0.1, 0.15) is 11.4 Å². The molecule has 2 N–H and O–H groups in total. The molecule has 1 unspecified atom stereocenters. The first-order valence-corrected chi connectivity index (χ1v) is 8.06. The van der Waals surface area contributed by atoms with Crippen LogP contribution in [0, 0.1) is 6.92 Å². The van der Waals surface area contributed by atoms with Gasteiger partial charge in [0.2, 0.25) is 5.88 Å². The summed E-state index contributed by atoms with van der Waals surface area (Å²) in [5, 5.41) is 0.773. The first-order chi connectivity index (χ1) is 10.9. The summed E-state index contributed by atoms with van der Waals surface area (Å²) in [4.78, 5) is 24.5. The maximum absolute atomic E-state index is 12.7. The molecule has 0 spiro atoms. The van der Waals surface area contributed by atoms with Crippen molar-refractivity contribution >= 4 is 39.9 Å². The molecule has 0 aromatic carbocycles. The number of rotatable bonds is 6. The molecular formula is C15H23ClN4O3S. The van der Waals surface area contributed by atoms with Gasteiger partial charge in [-0.2, -0.15) is 4.98 Å². The molecule has 9 heteroatoms. The summed E-state index contributed by atoms with van der Waals surface area (Å²) in [6.45, 7) is 4.50. The molecule has 2 aromatic heterocycles. The van der Waals surface area contributed by atoms with E-state index in [9.17, 15) is 4.79 Å². The van der Waals surface area contributed by atoms with Crippen LogP contribution in [-0.4, -0.2) is 54.6 Å². The van der Waals surface area contributed by atoms with Gasteiger partial charge in [-0.25, -0.2) is 4.98 Å². The molecule has 7 nitrogen and oxygen atoms in total. The zero-order valence-corrected chi connectivity index (χ0v) is 16.1. The van der Waals surface area contributed by atoms with Crippen LogP contribution in [0.3, 0.4) is 0 Å². The molecule has 0 fully saturated rings. The fourth-order valence-corrected chi connectivity index (χ4v) is 3.38. The number of carbonyl (C=O) groups is 1. The summed E-state index contributed by atoms with van der Waals surface area (Å²) in [6, 6.07) is -0.0378. The maximum atomic E-state index is 12.7. The molecule has 0 aliphatic carbocycles. The van der Waals surface area contributed by atoms with Crippen LogP contribution in [0.4, 0.5) is 0 Å². The molecule has 134 valence electrons. The molecule has 24 heavy (non-hydrogen) atoms. The summed E-state index contributed by atoms with van der Waals surface area (Å²) >= 11 is 1.34. The van der Waals surface area contributed by atoms with E-state index in [2.05, 4.69) is 9.97 Å². The highest BCUT2D eigenvalue weighted by Gasteiger charge is 2.24. The van der Waals surface area contributed by atoms with Crippen LogP contribution < -0.4 is 10.5 Å². The Morgan fingerprint density at radius 1 is 1.38 bits per heavy atom. The molecule has 0 saturated carbocycles. The van der Waals surface area contributed by atoms with Crippen LogP contribution in [0.1, 0.15) is 28.0 Å². The Kier molecular flexibility index (Phi) is 7.34. The minimum atomic E-state index is -0.0706. The molecule has 1 amide bonds. The predicted octanol–water partition coefficient (Wildman–Crippen LogP) is 2.00. The molecule has 0 saturated heterocycles. The second-order valence-corrected chi connectivity index (χ2v) is 6.32. The van der Waals surface area contributed by atoms with Crippen molar-refractivity contribution in [1.82, 2.24) is 14.9 Å². The van der Waals surface area contributed by atoms with Gasteiger partial charge in [-0.15, -0.1) is 23.7 Å². The minimum absolute atomic E-state index is 0. The fraction of sp³-hybridized carbons (Fsp3) is 0.533. The number of nitrogens with zero attached hydrogens (tertiary/aromatic N) is 3. The Balaban J connectivity index is 0.00000288. The quantitative estimate of drug-likeness (QED) is 0.831. The van der Waals surface area contributed by atoms with Gasteiger partial charge in [0.25, 0.3) is 5.91 Å². The van der Waals surface area contributed by atoms with E-state index < -0.39 is 0 Å². The van der Waals surface area contributed by atoms with E-state index in [4.69, 9.17) is 15.2 Å². The third kappa shape index (κ3) is 3.77. The van der Waals surface area contributed by atoms with E-state index >= 15 is 0 Å². The number of nitrogens with two attached hydrogens (primary N) is 1. The van der Waals surface area contributed by atoms with Crippen LogP contribution in [0.5, 0.6) is 5.88 Å². The molecule has 0 aliphatic heterocycles. The molecule has 2 aromatic rings. The molecule has 1 atom stereocenters. The Morgan fingerprint density at radius 2 is 2.04 bits per heavy atom. The lowest BCUT2D eigenvalue weighted by atomic mass is 10.2. The highest BCUT2D eigenvalue weighted by Crippen LogP contribution is 2.35. The van der Waals surface area contributed by atoms with Gasteiger partial charge in [0, 0.05) is 26.7 Å². The first-order valence-electron chi connectivity index (χ1n) is 7.24. The number of likely N-dealkylation sites (N-methyl/N-ethyl adjacent to an activating group) is 1. The van der Waals surface area contributed by atoms with Crippen LogP contribution in [0.2, 0.25) is 0 Å². The van der Waals surface area contributed by atoms with Gasteiger partial charge in [-0.05, 0) is 19.4 Å². The van der Waals surface area contributed by atoms with Gasteiger partial charge in [-0.1, -0.05) is 0 Å². The van der Waals surface area contributed by atoms with Gasteiger partial charge in [0.15, 0.2) is 5.82 Å². The van der Waals surface area contributed by atoms with Crippen molar-refractivity contribution in [1.29, 1.82) is 0 Å². The standard InChI is InChI=1S/C15H22N4O3S.ClH/c1-8(6-16)19(3)15(20)12-9(2)11-13(22-5)17-10(7-21-4)18-14(11)23-12;/h8H,6-7,16H2,1-5H3;1H. The van der Waals surface area contributed by atoms with Gasteiger partial charge < -0.3 is 20.1 Å². The summed E-state index contributed by atoms with van der Waals surface area (Å²) in [5.41, 5.74) is 6.48. The number of hydrogen-bond donors (Lipinski definition) is 1. The largest absolute Gasteiger partial charge is 0.480 e. The number of hydrogen-bond acceptors (Lipinski definition) is 7. The number of fused-ring (bicyclic) bond motifs is 1. The average Bonchev–Trinajstić information content (AvgIpc) is 2.89. The summed E-state index contributed by atoms with van der Waals surface area (Å²) in [6.07, 6.45) is 0. The third-order valence-electron chi connectivity index (χ3n) is 3.79. The molecule has 0 radical (unpaired) electrons. The van der Waals surface area contributed by atoms with Crippen LogP contribution in [0.25, 0.3) is 10.2 Å². The van der Waals surface area contributed by atoms with E-state index in [1.807, 2.05) is 13.8 Å². The number of carbonyl (C=O) groups excluding carboxylic acids is 1. The Hall–Kier alpha value is -1.48. The average molecular weight is 375 g/mol. The van der Waals surface area contributed by atoms with E-state index in [-0.39, 0.29) is 31.0 Å². The summed E-state index contributed by atoms with van der Waals surface area (Å²) < 4.78 is 10.5. The number of halogens is 1. The van der Waals surface area contributed by atoms with Crippen molar-refractivity contribution in [3.8, 4) is 5.88 Å². The Bertz CT molecular complexity index is 722. The highest BCUT2D eigenvalue weighted by molar-refractivity contribution is 7.20. The normalized spacial score (nSPS) is 11.9. The van der Waals surface area contributed by atoms with Crippen molar-refractivity contribution in [2.75, 3.05) is 27.8 Å². The van der Waals surface area contributed by atoms with E-state index in [0.29, 0.717) is 23.1 Å². The maximum Gasteiger partial charge on any atom is 0.264 e. The molecular weight excluding hydrogens is 352 g/mol. The van der Waals surface area contributed by atoms with Gasteiger partial charge in [0.05, 0.1) is 17.4 Å². The van der Waals surface area contributed by atoms with Crippen molar-refractivity contribution in [3.63, 3.8) is 0 Å². The van der Waals surface area contributed by atoms with E-state index in [1.54, 1.807) is 26.2 Å². The molecule has 2 rings (SSSR count). The van der Waals surface area contributed by atoms with E-state index in [0.717, 1.165) is 15.8 Å². The first kappa shape index (κ1) is 20.6. The molecule has 0 aliphatic rings. The third-order valence-corrected chi connectivity index (χ3v) is 4.96. The zero-order valence-electron chi connectivity index (χ0n) is 14.5. The van der Waals surface area contributed by atoms with Crippen molar-refractivity contribution in [2.24, 2.45) is 5.73 Å². The van der Waals surface area contributed by atoms with Crippen molar-refractivity contribution in [3.05, 3.63) is 16.3 Å². The number of aromatic nitrogens is 2. The van der Waals surface area contributed by atoms with Crippen molar-refractivity contribution in [2.45, 2.75) is 26.5 Å². The lowest BCUT2D eigenvalue weighted by molar-refractivity contribution is 0.0752. The van der Waals surface area contributed by atoms with Crippen LogP contribution >= 0.6 is 23.7 Å². The number of ether oxygens (including phenoxy) is 2. The second-order valence-electron chi connectivity index (χ2n) is 5.32. The predicted molar refractivity (Wildman–Crippen MR) is 97.3 cm³/mol. The second kappa shape index (κ2) is 8.57. The summed E-state index contributed by atoms with van der Waals surface area (Å²) in [7, 11) is 4.89.